The predicted molar refractivity (Wildman–Crippen MR) is 137 cm³/mol. The second-order valence-corrected chi connectivity index (χ2v) is 10.3. The maximum atomic E-state index is 12.9. The lowest BCUT2D eigenvalue weighted by atomic mass is 9.95. The molecule has 1 amide bonds. The van der Waals surface area contributed by atoms with Crippen LogP contribution in [0.5, 0.6) is 11.5 Å². The summed E-state index contributed by atoms with van der Waals surface area (Å²) in [5.74, 6) is 1.38. The minimum absolute atomic E-state index is 0.0678. The summed E-state index contributed by atoms with van der Waals surface area (Å²) >= 11 is 0. The molecule has 186 valence electrons. The Morgan fingerprint density at radius 3 is 2.31 bits per heavy atom. The molecule has 4 rings (SSSR count). The Hall–Kier alpha value is -3.33. The molecule has 2 aromatic carbocycles. The number of amides is 1. The number of ether oxygens (including phenoxy) is 2. The summed E-state index contributed by atoms with van der Waals surface area (Å²) in [5, 5.41) is 2.95. The van der Waals surface area contributed by atoms with Gasteiger partial charge >= 0.3 is 0 Å². The first-order chi connectivity index (χ1) is 16.8. The molecule has 0 aliphatic carbocycles. The second kappa shape index (κ2) is 10.1. The zero-order valence-electron chi connectivity index (χ0n) is 20.5. The molecule has 1 fully saturated rings. The van der Waals surface area contributed by atoms with Crippen molar-refractivity contribution in [1.29, 1.82) is 0 Å². The third-order valence-electron chi connectivity index (χ3n) is 6.58. The van der Waals surface area contributed by atoms with E-state index >= 15 is 0 Å². The van der Waals surface area contributed by atoms with Crippen molar-refractivity contribution in [2.75, 3.05) is 32.6 Å². The van der Waals surface area contributed by atoms with Gasteiger partial charge in [0.05, 0.1) is 14.2 Å². The van der Waals surface area contributed by atoms with Gasteiger partial charge in [-0.05, 0) is 49.4 Å². The molecule has 2 heterocycles. The lowest BCUT2D eigenvalue weighted by Crippen LogP contribution is -2.41. The summed E-state index contributed by atoms with van der Waals surface area (Å²) in [4.78, 5) is 15.1. The molecule has 1 N–H and O–H groups in total. The van der Waals surface area contributed by atoms with Gasteiger partial charge < -0.3 is 19.7 Å². The average Bonchev–Trinajstić information content (AvgIpc) is 3.12. The molecule has 9 heteroatoms. The Kier molecular flexibility index (Phi) is 7.16. The highest BCUT2D eigenvalue weighted by molar-refractivity contribution is 8.00. The summed E-state index contributed by atoms with van der Waals surface area (Å²) in [7, 11) is -0.656. The van der Waals surface area contributed by atoms with Crippen molar-refractivity contribution in [2.24, 2.45) is 10.3 Å². The summed E-state index contributed by atoms with van der Waals surface area (Å²) in [6.07, 6.45) is 2.10. The molecule has 35 heavy (non-hydrogen) atoms. The normalized spacial score (nSPS) is 17.8. The first-order valence-electron chi connectivity index (χ1n) is 11.7. The SMILES string of the molecule is CCc1ccc(C2=C(C)C(N3CCC(C(=O)Nc4ccc(OC)c(OC)c4)CC3)=NS2(=O)=O)cc1. The number of rotatable bonds is 6. The van der Waals surface area contributed by atoms with Crippen LogP contribution in [0.1, 0.15) is 37.8 Å². The molecule has 2 aliphatic heterocycles. The highest BCUT2D eigenvalue weighted by atomic mass is 32.2. The molecule has 0 bridgehead atoms. The Morgan fingerprint density at radius 1 is 1.06 bits per heavy atom. The quantitative estimate of drug-likeness (QED) is 0.646. The fraction of sp³-hybridized carbons (Fsp3) is 0.385. The van der Waals surface area contributed by atoms with Crippen molar-refractivity contribution in [2.45, 2.75) is 33.1 Å². The maximum Gasteiger partial charge on any atom is 0.285 e. The number of amidine groups is 1. The summed E-state index contributed by atoms with van der Waals surface area (Å²) in [6.45, 7) is 4.97. The van der Waals surface area contributed by atoms with Gasteiger partial charge in [-0.1, -0.05) is 31.2 Å². The van der Waals surface area contributed by atoms with Crippen molar-refractivity contribution in [1.82, 2.24) is 4.90 Å². The van der Waals surface area contributed by atoms with Crippen LogP contribution in [0.2, 0.25) is 0 Å². The molecule has 0 aromatic heterocycles. The summed E-state index contributed by atoms with van der Waals surface area (Å²) in [5.41, 5.74) is 3.10. The van der Waals surface area contributed by atoms with Gasteiger partial charge in [-0.15, -0.1) is 4.40 Å². The summed E-state index contributed by atoms with van der Waals surface area (Å²) in [6, 6.07) is 12.8. The number of aryl methyl sites for hydroxylation is 1. The van der Waals surface area contributed by atoms with Gasteiger partial charge in [0, 0.05) is 36.3 Å². The van der Waals surface area contributed by atoms with Gasteiger partial charge in [0.25, 0.3) is 10.0 Å². The largest absolute Gasteiger partial charge is 0.493 e. The van der Waals surface area contributed by atoms with Crippen molar-refractivity contribution < 1.29 is 22.7 Å². The molecule has 2 aliphatic rings. The van der Waals surface area contributed by atoms with Gasteiger partial charge in [0.2, 0.25) is 5.91 Å². The molecule has 2 aromatic rings. The van der Waals surface area contributed by atoms with Crippen LogP contribution in [0.3, 0.4) is 0 Å². The monoisotopic (exact) mass is 497 g/mol. The second-order valence-electron chi connectivity index (χ2n) is 8.71. The van der Waals surface area contributed by atoms with Crippen LogP contribution in [0.15, 0.2) is 52.4 Å². The number of anilines is 1. The van der Waals surface area contributed by atoms with Crippen LogP contribution in [-0.4, -0.2) is 52.4 Å². The number of nitrogens with one attached hydrogen (secondary N) is 1. The van der Waals surface area contributed by atoms with E-state index < -0.39 is 10.0 Å². The first kappa shape index (κ1) is 24.8. The standard InChI is InChI=1S/C26H31N3O5S/c1-5-18-6-8-19(9-7-18)24-17(2)25(28-35(24,31)32)29-14-12-20(13-15-29)26(30)27-21-10-11-22(33-3)23(16-21)34-4/h6-11,16,20H,5,12-15H2,1-4H3,(H,27,30). The smallest absolute Gasteiger partial charge is 0.285 e. The van der Waals surface area contributed by atoms with Crippen LogP contribution in [0.4, 0.5) is 5.69 Å². The van der Waals surface area contributed by atoms with Crippen molar-refractivity contribution in [3.63, 3.8) is 0 Å². The Labute approximate surface area is 206 Å². The van der Waals surface area contributed by atoms with E-state index in [4.69, 9.17) is 9.47 Å². The van der Waals surface area contributed by atoms with Crippen LogP contribution >= 0.6 is 0 Å². The van der Waals surface area contributed by atoms with E-state index in [2.05, 4.69) is 16.6 Å². The number of carbonyl (C=O) groups excluding carboxylic acids is 1. The van der Waals surface area contributed by atoms with Gasteiger partial charge in [-0.3, -0.25) is 4.79 Å². The van der Waals surface area contributed by atoms with E-state index in [9.17, 15) is 13.2 Å². The minimum Gasteiger partial charge on any atom is -0.493 e. The van der Waals surface area contributed by atoms with E-state index in [-0.39, 0.29) is 16.7 Å². The number of nitrogens with zero attached hydrogens (tertiary/aromatic N) is 2. The molecule has 0 unspecified atom stereocenters. The molecular formula is C26H31N3O5S. The number of hydrogen-bond donors (Lipinski definition) is 1. The Bertz CT molecular complexity index is 1270. The molecule has 0 saturated carbocycles. The third-order valence-corrected chi connectivity index (χ3v) is 8.05. The third kappa shape index (κ3) is 5.05. The van der Waals surface area contributed by atoms with Crippen molar-refractivity contribution in [3.8, 4) is 11.5 Å². The van der Waals surface area contributed by atoms with Gasteiger partial charge in [-0.2, -0.15) is 8.42 Å². The Balaban J connectivity index is 1.43. The van der Waals surface area contributed by atoms with Crippen molar-refractivity contribution >= 4 is 32.4 Å². The zero-order chi connectivity index (χ0) is 25.2. The lowest BCUT2D eigenvalue weighted by Gasteiger charge is -2.32. The number of benzene rings is 2. The maximum absolute atomic E-state index is 12.9. The van der Waals surface area contributed by atoms with E-state index in [0.29, 0.717) is 60.1 Å². The lowest BCUT2D eigenvalue weighted by molar-refractivity contribution is -0.120. The number of sulfonamides is 1. The van der Waals surface area contributed by atoms with Crippen LogP contribution in [0, 0.1) is 5.92 Å². The number of piperidine rings is 1. The Morgan fingerprint density at radius 2 is 1.71 bits per heavy atom. The van der Waals surface area contributed by atoms with E-state index in [1.54, 1.807) is 32.4 Å². The van der Waals surface area contributed by atoms with Crippen LogP contribution in [0.25, 0.3) is 4.91 Å². The van der Waals surface area contributed by atoms with Gasteiger partial charge in [0.1, 0.15) is 10.7 Å². The first-order valence-corrected chi connectivity index (χ1v) is 13.1. The highest BCUT2D eigenvalue weighted by Crippen LogP contribution is 2.35. The average molecular weight is 498 g/mol. The zero-order valence-corrected chi connectivity index (χ0v) is 21.3. The number of carbonyl (C=O) groups is 1. The van der Waals surface area contributed by atoms with Gasteiger partial charge in [-0.25, -0.2) is 0 Å². The molecule has 0 radical (unpaired) electrons. The minimum atomic E-state index is -3.77. The van der Waals surface area contributed by atoms with Crippen LogP contribution < -0.4 is 14.8 Å². The molecular weight excluding hydrogens is 466 g/mol. The number of hydrogen-bond acceptors (Lipinski definition) is 6. The molecule has 1 saturated heterocycles. The highest BCUT2D eigenvalue weighted by Gasteiger charge is 2.35. The molecule has 0 spiro atoms. The molecule has 8 nitrogen and oxygen atoms in total. The summed E-state index contributed by atoms with van der Waals surface area (Å²) < 4.78 is 40.5. The van der Waals surface area contributed by atoms with Gasteiger partial charge in [0.15, 0.2) is 11.5 Å². The molecule has 0 atom stereocenters. The number of likely N-dealkylation sites (tertiary alicyclic amines) is 1. The topological polar surface area (TPSA) is 97.3 Å². The fourth-order valence-electron chi connectivity index (χ4n) is 4.59. The fourth-order valence-corrected chi connectivity index (χ4v) is 6.07. The van der Waals surface area contributed by atoms with Crippen molar-refractivity contribution in [3.05, 3.63) is 59.2 Å². The van der Waals surface area contributed by atoms with E-state index in [0.717, 1.165) is 12.0 Å². The predicted octanol–water partition coefficient (Wildman–Crippen LogP) is 4.09. The van der Waals surface area contributed by atoms with Crippen LogP contribution in [-0.2, 0) is 21.2 Å². The number of methoxy groups -OCH3 is 2. The van der Waals surface area contributed by atoms with E-state index in [1.807, 2.05) is 36.1 Å². The van der Waals surface area contributed by atoms with E-state index in [1.165, 1.54) is 0 Å².